The van der Waals surface area contributed by atoms with Crippen molar-refractivity contribution < 1.29 is 9.53 Å². The van der Waals surface area contributed by atoms with Gasteiger partial charge in [-0.2, -0.15) is 0 Å². The Morgan fingerprint density at radius 3 is 2.86 bits per heavy atom. The van der Waals surface area contributed by atoms with Gasteiger partial charge in [0.25, 0.3) is 5.91 Å². The summed E-state index contributed by atoms with van der Waals surface area (Å²) >= 11 is 6.07. The lowest BCUT2D eigenvalue weighted by Gasteiger charge is -2.09. The van der Waals surface area contributed by atoms with Gasteiger partial charge in [0, 0.05) is 29.0 Å². The Balaban J connectivity index is 1.92. The standard InChI is InChI=1S/C17H13ClN2O2/c1-22-16-6-5-12(9-15(16)18)20-17(21)13-4-2-3-11-7-8-19-10-14(11)13/h2-10H,1H3,(H,20,21). The van der Waals surface area contributed by atoms with Crippen molar-refractivity contribution in [1.29, 1.82) is 0 Å². The molecule has 0 aliphatic heterocycles. The van der Waals surface area contributed by atoms with Gasteiger partial charge in [-0.25, -0.2) is 0 Å². The summed E-state index contributed by atoms with van der Waals surface area (Å²) in [5, 5.41) is 5.06. The number of hydrogen-bond donors (Lipinski definition) is 1. The molecule has 3 aromatic rings. The average Bonchev–Trinajstić information content (AvgIpc) is 2.54. The molecule has 1 aromatic heterocycles. The lowest BCUT2D eigenvalue weighted by atomic mass is 10.1. The zero-order valence-electron chi connectivity index (χ0n) is 11.8. The zero-order valence-corrected chi connectivity index (χ0v) is 12.6. The molecule has 110 valence electrons. The van der Waals surface area contributed by atoms with E-state index in [-0.39, 0.29) is 5.91 Å². The first-order valence-electron chi connectivity index (χ1n) is 6.66. The van der Waals surface area contributed by atoms with Gasteiger partial charge in [-0.15, -0.1) is 0 Å². The van der Waals surface area contributed by atoms with E-state index in [0.29, 0.717) is 22.0 Å². The van der Waals surface area contributed by atoms with Crippen molar-refractivity contribution in [2.75, 3.05) is 12.4 Å². The molecule has 0 saturated heterocycles. The van der Waals surface area contributed by atoms with E-state index in [1.165, 1.54) is 0 Å². The predicted molar refractivity (Wildman–Crippen MR) is 87.7 cm³/mol. The van der Waals surface area contributed by atoms with Gasteiger partial charge in [0.1, 0.15) is 5.75 Å². The number of amides is 1. The topological polar surface area (TPSA) is 51.2 Å². The number of fused-ring (bicyclic) bond motifs is 1. The summed E-state index contributed by atoms with van der Waals surface area (Å²) in [4.78, 5) is 16.6. The zero-order chi connectivity index (χ0) is 15.5. The minimum Gasteiger partial charge on any atom is -0.495 e. The molecule has 1 N–H and O–H groups in total. The van der Waals surface area contributed by atoms with Crippen LogP contribution in [0.5, 0.6) is 5.75 Å². The van der Waals surface area contributed by atoms with Crippen molar-refractivity contribution in [3.8, 4) is 5.75 Å². The SMILES string of the molecule is COc1ccc(NC(=O)c2cccc3ccncc23)cc1Cl. The van der Waals surface area contributed by atoms with E-state index in [9.17, 15) is 4.79 Å². The van der Waals surface area contributed by atoms with Crippen molar-refractivity contribution >= 4 is 34.0 Å². The van der Waals surface area contributed by atoms with Crippen LogP contribution in [0.4, 0.5) is 5.69 Å². The highest BCUT2D eigenvalue weighted by atomic mass is 35.5. The van der Waals surface area contributed by atoms with Crippen LogP contribution in [-0.2, 0) is 0 Å². The lowest BCUT2D eigenvalue weighted by molar-refractivity contribution is 0.102. The van der Waals surface area contributed by atoms with E-state index in [2.05, 4.69) is 10.3 Å². The summed E-state index contributed by atoms with van der Waals surface area (Å²) in [6.45, 7) is 0. The minimum absolute atomic E-state index is 0.208. The number of carbonyl (C=O) groups is 1. The molecule has 4 nitrogen and oxygen atoms in total. The molecule has 1 heterocycles. The van der Waals surface area contributed by atoms with Gasteiger partial charge in [0.05, 0.1) is 12.1 Å². The minimum atomic E-state index is -0.208. The van der Waals surface area contributed by atoms with Gasteiger partial charge in [0.2, 0.25) is 0 Å². The van der Waals surface area contributed by atoms with Crippen LogP contribution in [-0.4, -0.2) is 18.0 Å². The fourth-order valence-corrected chi connectivity index (χ4v) is 2.51. The quantitative estimate of drug-likeness (QED) is 0.790. The molecule has 2 aromatic carbocycles. The maximum absolute atomic E-state index is 12.5. The van der Waals surface area contributed by atoms with Gasteiger partial charge in [0.15, 0.2) is 0 Å². The summed E-state index contributed by atoms with van der Waals surface area (Å²) < 4.78 is 5.09. The van der Waals surface area contributed by atoms with E-state index >= 15 is 0 Å². The molecular weight excluding hydrogens is 300 g/mol. The molecule has 0 spiro atoms. The molecule has 0 unspecified atom stereocenters. The molecule has 3 rings (SSSR count). The summed E-state index contributed by atoms with van der Waals surface area (Å²) in [5.74, 6) is 0.355. The van der Waals surface area contributed by atoms with Crippen LogP contribution in [0.2, 0.25) is 5.02 Å². The van der Waals surface area contributed by atoms with Crippen LogP contribution in [0, 0.1) is 0 Å². The molecule has 0 fully saturated rings. The summed E-state index contributed by atoms with van der Waals surface area (Å²) in [6.07, 6.45) is 3.39. The van der Waals surface area contributed by atoms with Crippen molar-refractivity contribution in [2.45, 2.75) is 0 Å². The number of rotatable bonds is 3. The molecule has 0 radical (unpaired) electrons. The van der Waals surface area contributed by atoms with Crippen LogP contribution in [0.25, 0.3) is 10.8 Å². The Bertz CT molecular complexity index is 844. The Labute approximate surface area is 132 Å². The van der Waals surface area contributed by atoms with Crippen LogP contribution >= 0.6 is 11.6 Å². The molecule has 0 saturated carbocycles. The second kappa shape index (κ2) is 6.03. The van der Waals surface area contributed by atoms with Crippen molar-refractivity contribution in [3.63, 3.8) is 0 Å². The Morgan fingerprint density at radius 1 is 1.23 bits per heavy atom. The number of nitrogens with one attached hydrogen (secondary N) is 1. The number of pyridine rings is 1. The highest BCUT2D eigenvalue weighted by Crippen LogP contribution is 2.27. The number of hydrogen-bond acceptors (Lipinski definition) is 3. The fraction of sp³-hybridized carbons (Fsp3) is 0.0588. The van der Waals surface area contributed by atoms with Crippen molar-refractivity contribution in [3.05, 3.63) is 65.4 Å². The molecule has 0 aliphatic carbocycles. The summed E-state index contributed by atoms with van der Waals surface area (Å²) in [7, 11) is 1.54. The number of anilines is 1. The van der Waals surface area contributed by atoms with E-state index < -0.39 is 0 Å². The highest BCUT2D eigenvalue weighted by Gasteiger charge is 2.11. The molecule has 1 amide bonds. The largest absolute Gasteiger partial charge is 0.495 e. The molecule has 0 aliphatic rings. The number of nitrogens with zero attached hydrogens (tertiary/aromatic N) is 1. The molecule has 0 bridgehead atoms. The first-order valence-corrected chi connectivity index (χ1v) is 7.04. The smallest absolute Gasteiger partial charge is 0.256 e. The fourth-order valence-electron chi connectivity index (χ4n) is 2.25. The third-order valence-electron chi connectivity index (χ3n) is 3.34. The number of carbonyl (C=O) groups excluding carboxylic acids is 1. The van der Waals surface area contributed by atoms with Crippen molar-refractivity contribution in [1.82, 2.24) is 4.98 Å². The number of aromatic nitrogens is 1. The van der Waals surface area contributed by atoms with Gasteiger partial charge in [-0.1, -0.05) is 23.7 Å². The Hall–Kier alpha value is -2.59. The third kappa shape index (κ3) is 2.73. The van der Waals surface area contributed by atoms with Crippen LogP contribution < -0.4 is 10.1 Å². The first-order chi connectivity index (χ1) is 10.7. The van der Waals surface area contributed by atoms with E-state index in [4.69, 9.17) is 16.3 Å². The van der Waals surface area contributed by atoms with Gasteiger partial charge in [-0.3, -0.25) is 9.78 Å². The van der Waals surface area contributed by atoms with E-state index in [1.54, 1.807) is 43.8 Å². The van der Waals surface area contributed by atoms with Gasteiger partial charge < -0.3 is 10.1 Å². The second-order valence-electron chi connectivity index (χ2n) is 4.71. The maximum Gasteiger partial charge on any atom is 0.256 e. The lowest BCUT2D eigenvalue weighted by Crippen LogP contribution is -2.12. The average molecular weight is 313 g/mol. The normalized spacial score (nSPS) is 10.5. The van der Waals surface area contributed by atoms with Gasteiger partial charge >= 0.3 is 0 Å². The van der Waals surface area contributed by atoms with E-state index in [0.717, 1.165) is 10.8 Å². The van der Waals surface area contributed by atoms with Crippen molar-refractivity contribution in [2.24, 2.45) is 0 Å². The number of halogens is 1. The number of ether oxygens (including phenoxy) is 1. The first kappa shape index (κ1) is 14.4. The molecule has 5 heteroatoms. The number of benzene rings is 2. The second-order valence-corrected chi connectivity index (χ2v) is 5.11. The third-order valence-corrected chi connectivity index (χ3v) is 3.63. The molecule has 0 atom stereocenters. The predicted octanol–water partition coefficient (Wildman–Crippen LogP) is 4.15. The Kier molecular flexibility index (Phi) is 3.94. The van der Waals surface area contributed by atoms with Crippen LogP contribution in [0.15, 0.2) is 54.9 Å². The van der Waals surface area contributed by atoms with E-state index in [1.807, 2.05) is 18.2 Å². The maximum atomic E-state index is 12.5. The van der Waals surface area contributed by atoms with Gasteiger partial charge in [-0.05, 0) is 35.7 Å². The monoisotopic (exact) mass is 312 g/mol. The summed E-state index contributed by atoms with van der Waals surface area (Å²) in [6, 6.07) is 12.5. The van der Waals surface area contributed by atoms with Crippen LogP contribution in [0.1, 0.15) is 10.4 Å². The number of methoxy groups -OCH3 is 1. The Morgan fingerprint density at radius 2 is 2.09 bits per heavy atom. The molecule has 22 heavy (non-hydrogen) atoms. The highest BCUT2D eigenvalue weighted by molar-refractivity contribution is 6.32. The molecular formula is C17H13ClN2O2. The van der Waals surface area contributed by atoms with Crippen LogP contribution in [0.3, 0.4) is 0 Å². The summed E-state index contributed by atoms with van der Waals surface area (Å²) in [5.41, 5.74) is 1.18.